The summed E-state index contributed by atoms with van der Waals surface area (Å²) in [5, 5.41) is 22.7. The molecular formula is C20H23N3O5S. The van der Waals surface area contributed by atoms with Crippen molar-refractivity contribution in [2.24, 2.45) is 0 Å². The van der Waals surface area contributed by atoms with E-state index < -0.39 is 10.8 Å². The number of benzene rings is 2. The molecule has 0 unspecified atom stereocenters. The number of aliphatic hydroxyl groups is 1. The van der Waals surface area contributed by atoms with E-state index in [0.29, 0.717) is 26.0 Å². The van der Waals surface area contributed by atoms with E-state index in [1.807, 2.05) is 31.2 Å². The Morgan fingerprint density at radius 1 is 1.17 bits per heavy atom. The van der Waals surface area contributed by atoms with Gasteiger partial charge in [0.2, 0.25) is 0 Å². The van der Waals surface area contributed by atoms with Crippen LogP contribution in [-0.2, 0) is 0 Å². The molecule has 0 atom stereocenters. The Morgan fingerprint density at radius 2 is 1.83 bits per heavy atom. The molecule has 2 rings (SSSR count). The zero-order valence-corrected chi connectivity index (χ0v) is 16.9. The van der Waals surface area contributed by atoms with Gasteiger partial charge in [-0.15, -0.1) is 0 Å². The van der Waals surface area contributed by atoms with Crippen LogP contribution in [0.5, 0.6) is 5.75 Å². The van der Waals surface area contributed by atoms with Crippen molar-refractivity contribution in [3.8, 4) is 5.75 Å². The number of nitro benzene ring substituents is 1. The summed E-state index contributed by atoms with van der Waals surface area (Å²) >= 11 is 5.43. The second-order valence-electron chi connectivity index (χ2n) is 6.07. The van der Waals surface area contributed by atoms with E-state index in [1.165, 1.54) is 24.3 Å². The first-order chi connectivity index (χ1) is 14.0. The van der Waals surface area contributed by atoms with Gasteiger partial charge in [0.1, 0.15) is 5.75 Å². The molecular weight excluding hydrogens is 394 g/mol. The summed E-state index contributed by atoms with van der Waals surface area (Å²) in [4.78, 5) is 24.5. The fourth-order valence-electron chi connectivity index (χ4n) is 2.59. The van der Waals surface area contributed by atoms with Gasteiger partial charge in [0.05, 0.1) is 11.5 Å². The normalized spacial score (nSPS) is 10.3. The minimum Gasteiger partial charge on any atom is -0.494 e. The maximum absolute atomic E-state index is 12.5. The average Bonchev–Trinajstić information content (AvgIpc) is 2.72. The topological polar surface area (TPSA) is 105 Å². The van der Waals surface area contributed by atoms with Gasteiger partial charge in [0.25, 0.3) is 11.6 Å². The molecule has 0 aliphatic rings. The molecule has 8 nitrogen and oxygen atoms in total. The molecule has 0 fully saturated rings. The van der Waals surface area contributed by atoms with Crippen LogP contribution in [0.15, 0.2) is 48.5 Å². The summed E-state index contributed by atoms with van der Waals surface area (Å²) in [6.07, 6.45) is 1.28. The summed E-state index contributed by atoms with van der Waals surface area (Å²) in [7, 11) is 0. The predicted octanol–water partition coefficient (Wildman–Crippen LogP) is 3.29. The number of carbonyl (C=O) groups is 1. The van der Waals surface area contributed by atoms with Gasteiger partial charge in [-0.05, 0) is 68.4 Å². The van der Waals surface area contributed by atoms with Gasteiger partial charge in [0, 0.05) is 36.5 Å². The van der Waals surface area contributed by atoms with E-state index in [1.54, 1.807) is 4.90 Å². The molecule has 0 aliphatic heterocycles. The third-order valence-corrected chi connectivity index (χ3v) is 4.38. The van der Waals surface area contributed by atoms with E-state index in [9.17, 15) is 14.9 Å². The lowest BCUT2D eigenvalue weighted by molar-refractivity contribution is -0.384. The number of nitrogens with one attached hydrogen (secondary N) is 1. The quantitative estimate of drug-likeness (QED) is 0.279. The van der Waals surface area contributed by atoms with Crippen molar-refractivity contribution in [3.63, 3.8) is 0 Å². The van der Waals surface area contributed by atoms with Gasteiger partial charge < -0.3 is 14.7 Å². The molecule has 2 N–H and O–H groups in total. The zero-order valence-electron chi connectivity index (χ0n) is 16.0. The summed E-state index contributed by atoms with van der Waals surface area (Å²) in [6.45, 7) is 3.04. The van der Waals surface area contributed by atoms with Crippen LogP contribution < -0.4 is 15.0 Å². The molecule has 0 spiro atoms. The van der Waals surface area contributed by atoms with E-state index in [4.69, 9.17) is 22.1 Å². The Morgan fingerprint density at radius 3 is 2.38 bits per heavy atom. The lowest BCUT2D eigenvalue weighted by atomic mass is 10.2. The SMILES string of the molecule is CCOc1ccc(N(CCCCO)C(=S)NC(=O)c2ccc([N+](=O)[O-])cc2)cc1. The molecule has 0 bridgehead atoms. The minimum atomic E-state index is -0.527. The van der Waals surface area contributed by atoms with Crippen LogP contribution in [0, 0.1) is 10.1 Å². The molecule has 9 heteroatoms. The number of amides is 1. The van der Waals surface area contributed by atoms with E-state index in [2.05, 4.69) is 5.32 Å². The number of hydrogen-bond donors (Lipinski definition) is 2. The van der Waals surface area contributed by atoms with E-state index in [-0.39, 0.29) is 23.0 Å². The highest BCUT2D eigenvalue weighted by Gasteiger charge is 2.16. The first-order valence-electron chi connectivity index (χ1n) is 9.17. The highest BCUT2D eigenvalue weighted by atomic mass is 32.1. The lowest BCUT2D eigenvalue weighted by Crippen LogP contribution is -2.43. The number of thiocarbonyl (C=S) groups is 1. The number of carbonyl (C=O) groups excluding carboxylic acids is 1. The van der Waals surface area contributed by atoms with Gasteiger partial charge in [-0.25, -0.2) is 0 Å². The Balaban J connectivity index is 2.13. The monoisotopic (exact) mass is 417 g/mol. The van der Waals surface area contributed by atoms with Crippen LogP contribution in [0.4, 0.5) is 11.4 Å². The van der Waals surface area contributed by atoms with Crippen LogP contribution in [0.2, 0.25) is 0 Å². The highest BCUT2D eigenvalue weighted by Crippen LogP contribution is 2.21. The molecule has 0 heterocycles. The number of anilines is 1. The van der Waals surface area contributed by atoms with Crippen LogP contribution in [0.1, 0.15) is 30.1 Å². The molecule has 0 saturated heterocycles. The molecule has 2 aromatic carbocycles. The molecule has 29 heavy (non-hydrogen) atoms. The van der Waals surface area contributed by atoms with Gasteiger partial charge in [0.15, 0.2) is 5.11 Å². The standard InChI is InChI=1S/C20H23N3O5S/c1-2-28-18-11-9-16(10-12-18)22(13-3-4-14-24)20(29)21-19(25)15-5-7-17(8-6-15)23(26)27/h5-12,24H,2-4,13-14H2,1H3,(H,21,25,29). The van der Waals surface area contributed by atoms with Gasteiger partial charge in [-0.1, -0.05) is 0 Å². The third kappa shape index (κ3) is 6.51. The number of hydrogen-bond acceptors (Lipinski definition) is 6. The lowest BCUT2D eigenvalue weighted by Gasteiger charge is -2.25. The van der Waals surface area contributed by atoms with Crippen LogP contribution in [-0.4, -0.2) is 40.8 Å². The number of nitro groups is 1. The number of ether oxygens (including phenoxy) is 1. The fraction of sp³-hybridized carbons (Fsp3) is 0.300. The van der Waals surface area contributed by atoms with Crippen molar-refractivity contribution in [1.82, 2.24) is 5.32 Å². The zero-order chi connectivity index (χ0) is 21.2. The Labute approximate surface area is 174 Å². The van der Waals surface area contributed by atoms with Gasteiger partial charge in [-0.3, -0.25) is 20.2 Å². The number of nitrogens with zero attached hydrogens (tertiary/aromatic N) is 2. The van der Waals surface area contributed by atoms with E-state index in [0.717, 1.165) is 11.4 Å². The number of aliphatic hydroxyl groups excluding tert-OH is 1. The Bertz CT molecular complexity index is 840. The van der Waals surface area contributed by atoms with Crippen molar-refractivity contribution in [1.29, 1.82) is 0 Å². The van der Waals surface area contributed by atoms with Crippen LogP contribution in [0.3, 0.4) is 0 Å². The molecule has 1 amide bonds. The molecule has 0 saturated carbocycles. The van der Waals surface area contributed by atoms with Crippen molar-refractivity contribution in [2.75, 3.05) is 24.7 Å². The molecule has 2 aromatic rings. The summed E-state index contributed by atoms with van der Waals surface area (Å²) in [6, 6.07) is 12.6. The first kappa shape index (κ1) is 22.3. The van der Waals surface area contributed by atoms with Crippen molar-refractivity contribution >= 4 is 34.6 Å². The van der Waals surface area contributed by atoms with Crippen molar-refractivity contribution < 1.29 is 19.6 Å². The second-order valence-corrected chi connectivity index (χ2v) is 6.46. The Hall–Kier alpha value is -3.04. The molecule has 0 radical (unpaired) electrons. The summed E-state index contributed by atoms with van der Waals surface area (Å²) in [5.41, 5.74) is 0.949. The summed E-state index contributed by atoms with van der Waals surface area (Å²) in [5.74, 6) is 0.274. The number of unbranched alkanes of at least 4 members (excludes halogenated alkanes) is 1. The van der Waals surface area contributed by atoms with Crippen molar-refractivity contribution in [3.05, 3.63) is 64.2 Å². The minimum absolute atomic E-state index is 0.0685. The van der Waals surface area contributed by atoms with Crippen LogP contribution >= 0.6 is 12.2 Å². The largest absolute Gasteiger partial charge is 0.494 e. The summed E-state index contributed by atoms with van der Waals surface area (Å²) < 4.78 is 5.45. The smallest absolute Gasteiger partial charge is 0.269 e. The van der Waals surface area contributed by atoms with Gasteiger partial charge >= 0.3 is 0 Å². The van der Waals surface area contributed by atoms with Crippen LogP contribution in [0.25, 0.3) is 0 Å². The average molecular weight is 417 g/mol. The highest BCUT2D eigenvalue weighted by molar-refractivity contribution is 7.80. The maximum Gasteiger partial charge on any atom is 0.269 e. The number of rotatable bonds is 9. The molecule has 0 aliphatic carbocycles. The van der Waals surface area contributed by atoms with Crippen molar-refractivity contribution in [2.45, 2.75) is 19.8 Å². The fourth-order valence-corrected chi connectivity index (χ4v) is 2.88. The Kier molecular flexibility index (Phi) is 8.50. The van der Waals surface area contributed by atoms with Gasteiger partial charge in [-0.2, -0.15) is 0 Å². The second kappa shape index (κ2) is 11.1. The third-order valence-electron chi connectivity index (χ3n) is 4.06. The van der Waals surface area contributed by atoms with E-state index >= 15 is 0 Å². The first-order valence-corrected chi connectivity index (χ1v) is 9.58. The maximum atomic E-state index is 12.5. The molecule has 0 aromatic heterocycles. The number of non-ortho nitro benzene ring substituents is 1. The molecule has 154 valence electrons. The predicted molar refractivity (Wildman–Crippen MR) is 114 cm³/mol.